The first-order valence-corrected chi connectivity index (χ1v) is 2.61. The number of rotatable bonds is 0. The van der Waals surface area contributed by atoms with Crippen LogP contribution in [0.25, 0.3) is 0 Å². The molecule has 0 aliphatic carbocycles. The first-order valence-electron chi connectivity index (χ1n) is 2.61. The van der Waals surface area contributed by atoms with Crippen molar-refractivity contribution < 1.29 is 0 Å². The van der Waals surface area contributed by atoms with Crippen molar-refractivity contribution in [1.82, 2.24) is 0 Å². The molecule has 0 aromatic heterocycles. The van der Waals surface area contributed by atoms with E-state index in [9.17, 15) is 0 Å². The monoisotopic (exact) mass is 131 g/mol. The minimum atomic E-state index is 0. The molecule has 0 saturated carbocycles. The van der Waals surface area contributed by atoms with Gasteiger partial charge in [-0.15, -0.1) is 0 Å². The van der Waals surface area contributed by atoms with Crippen molar-refractivity contribution in [2.24, 2.45) is 0 Å². The molecular weight excluding hydrogens is 121 g/mol. The van der Waals surface area contributed by atoms with Gasteiger partial charge in [-0.2, -0.15) is 0 Å². The summed E-state index contributed by atoms with van der Waals surface area (Å²) in [5.41, 5.74) is 7.51. The van der Waals surface area contributed by atoms with Crippen LogP contribution in [0.3, 0.4) is 0 Å². The van der Waals surface area contributed by atoms with E-state index in [1.165, 1.54) is 5.56 Å². The molecule has 0 spiro atoms. The van der Waals surface area contributed by atoms with Gasteiger partial charge in [-0.25, -0.2) is 0 Å². The third-order valence-corrected chi connectivity index (χ3v) is 1.04. The zero-order valence-electron chi connectivity index (χ0n) is 4.89. The maximum atomic E-state index is 5.46. The second-order valence-corrected chi connectivity index (χ2v) is 1.91. The van der Waals surface area contributed by atoms with Crippen molar-refractivity contribution in [3.8, 4) is 0 Å². The molecule has 0 heterocycles. The van der Waals surface area contributed by atoms with Gasteiger partial charge < -0.3 is 5.73 Å². The molecule has 0 bridgehead atoms. The molecule has 2 heteroatoms. The number of nitrogen functional groups attached to an aromatic ring is 1. The Balaban J connectivity index is 0.000000640. The van der Waals surface area contributed by atoms with Crippen molar-refractivity contribution in [3.63, 3.8) is 0 Å². The summed E-state index contributed by atoms with van der Waals surface area (Å²) in [5.74, 6) is 0. The van der Waals surface area contributed by atoms with Crippen molar-refractivity contribution >= 4 is 35.2 Å². The van der Waals surface area contributed by atoms with Gasteiger partial charge in [0.1, 0.15) is 0 Å². The molecule has 9 heavy (non-hydrogen) atoms. The molecule has 1 nitrogen and oxygen atoms in total. The summed E-state index contributed by atoms with van der Waals surface area (Å²) in [4.78, 5) is 0. The van der Waals surface area contributed by atoms with Gasteiger partial charge in [-0.3, -0.25) is 0 Å². The Hall–Kier alpha value is 0.0200. The molecule has 1 aromatic carbocycles. The van der Waals surface area contributed by atoms with Gasteiger partial charge in [0, 0.05) is 5.69 Å². The molecule has 0 atom stereocenters. The van der Waals surface area contributed by atoms with Crippen molar-refractivity contribution in [3.05, 3.63) is 29.8 Å². The number of benzene rings is 1. The molecule has 0 unspecified atom stereocenters. The zero-order chi connectivity index (χ0) is 5.98. The van der Waals surface area contributed by atoms with Crippen LogP contribution < -0.4 is 5.73 Å². The average molecular weight is 131 g/mol. The molecular formula is C7H10NNa. The summed E-state index contributed by atoms with van der Waals surface area (Å²) < 4.78 is 0. The van der Waals surface area contributed by atoms with Crippen molar-refractivity contribution in [2.45, 2.75) is 6.92 Å². The maximum absolute atomic E-state index is 5.46. The quantitative estimate of drug-likeness (QED) is 0.411. The molecule has 1 aromatic rings. The summed E-state index contributed by atoms with van der Waals surface area (Å²) in [7, 11) is 0. The van der Waals surface area contributed by atoms with E-state index in [0.29, 0.717) is 0 Å². The summed E-state index contributed by atoms with van der Waals surface area (Å²) in [6.07, 6.45) is 0. The molecule has 0 aliphatic rings. The van der Waals surface area contributed by atoms with Crippen LogP contribution in [-0.4, -0.2) is 29.6 Å². The molecule has 1 rings (SSSR count). The van der Waals surface area contributed by atoms with Gasteiger partial charge in [0.2, 0.25) is 0 Å². The van der Waals surface area contributed by atoms with Gasteiger partial charge in [-0.05, 0) is 24.6 Å². The van der Waals surface area contributed by atoms with Gasteiger partial charge in [0.15, 0.2) is 0 Å². The topological polar surface area (TPSA) is 26.0 Å². The van der Waals surface area contributed by atoms with Crippen LogP contribution in [0.1, 0.15) is 5.56 Å². The van der Waals surface area contributed by atoms with E-state index in [0.717, 1.165) is 5.69 Å². The predicted molar refractivity (Wildman–Crippen MR) is 42.7 cm³/mol. The average Bonchev–Trinajstić information content (AvgIpc) is 1.64. The Bertz CT molecular complexity index is 169. The van der Waals surface area contributed by atoms with E-state index >= 15 is 0 Å². The Morgan fingerprint density at radius 3 is 2.33 bits per heavy atom. The molecule has 44 valence electrons. The van der Waals surface area contributed by atoms with E-state index in [2.05, 4.69) is 0 Å². The van der Waals surface area contributed by atoms with E-state index in [1.807, 2.05) is 31.2 Å². The molecule has 0 fully saturated rings. The number of anilines is 1. The molecule has 0 saturated heterocycles. The number of nitrogens with two attached hydrogens (primary N) is 1. The number of hydrogen-bond donors (Lipinski definition) is 1. The van der Waals surface area contributed by atoms with Crippen LogP contribution >= 0.6 is 0 Å². The molecule has 0 aliphatic heterocycles. The van der Waals surface area contributed by atoms with Crippen LogP contribution in [0.5, 0.6) is 0 Å². The summed E-state index contributed by atoms with van der Waals surface area (Å²) in [6.45, 7) is 2.02. The Kier molecular flexibility index (Phi) is 3.95. The normalized spacial score (nSPS) is 8.11. The Morgan fingerprint density at radius 2 is 2.00 bits per heavy atom. The molecule has 0 radical (unpaired) electrons. The fourth-order valence-corrected chi connectivity index (χ4v) is 0.670. The standard InChI is InChI=1S/C7H9N.Na.H/c1-6-3-2-4-7(8)5-6;;/h2-5H,8H2,1H3;;. The van der Waals surface area contributed by atoms with Crippen molar-refractivity contribution in [2.75, 3.05) is 5.73 Å². The van der Waals surface area contributed by atoms with Crippen LogP contribution in [0.15, 0.2) is 24.3 Å². The van der Waals surface area contributed by atoms with E-state index in [1.54, 1.807) is 0 Å². The molecule has 0 amide bonds. The van der Waals surface area contributed by atoms with Gasteiger partial charge in [0.25, 0.3) is 0 Å². The second kappa shape index (κ2) is 3.94. The third-order valence-electron chi connectivity index (χ3n) is 1.04. The van der Waals surface area contributed by atoms with Gasteiger partial charge in [-0.1, -0.05) is 12.1 Å². The predicted octanol–water partition coefficient (Wildman–Crippen LogP) is 0.929. The van der Waals surface area contributed by atoms with E-state index in [-0.39, 0.29) is 29.6 Å². The summed E-state index contributed by atoms with van der Waals surface area (Å²) >= 11 is 0. The van der Waals surface area contributed by atoms with E-state index in [4.69, 9.17) is 5.73 Å². The second-order valence-electron chi connectivity index (χ2n) is 1.91. The Morgan fingerprint density at radius 1 is 1.33 bits per heavy atom. The number of aryl methyl sites for hydroxylation is 1. The van der Waals surface area contributed by atoms with Gasteiger partial charge >= 0.3 is 29.6 Å². The van der Waals surface area contributed by atoms with Crippen LogP contribution in [0.2, 0.25) is 0 Å². The first kappa shape index (κ1) is 9.02. The summed E-state index contributed by atoms with van der Waals surface area (Å²) in [5, 5.41) is 0. The van der Waals surface area contributed by atoms with Crippen LogP contribution in [0.4, 0.5) is 5.69 Å². The van der Waals surface area contributed by atoms with Crippen LogP contribution in [-0.2, 0) is 0 Å². The third kappa shape index (κ3) is 2.89. The minimum absolute atomic E-state index is 0. The molecule has 2 N–H and O–H groups in total. The number of hydrogen-bond acceptors (Lipinski definition) is 1. The zero-order valence-corrected chi connectivity index (χ0v) is 4.89. The first-order chi connectivity index (χ1) is 3.79. The summed E-state index contributed by atoms with van der Waals surface area (Å²) in [6, 6.07) is 7.80. The van der Waals surface area contributed by atoms with Crippen LogP contribution in [0, 0.1) is 6.92 Å². The Labute approximate surface area is 77.5 Å². The fraction of sp³-hybridized carbons (Fsp3) is 0.143. The SMILES string of the molecule is Cc1cccc(N)c1.[NaH]. The van der Waals surface area contributed by atoms with Gasteiger partial charge in [0.05, 0.1) is 0 Å². The fourth-order valence-electron chi connectivity index (χ4n) is 0.670. The van der Waals surface area contributed by atoms with Crippen molar-refractivity contribution in [1.29, 1.82) is 0 Å². The van der Waals surface area contributed by atoms with E-state index < -0.39 is 0 Å².